The molecule has 2 aromatic carbocycles. The zero-order valence-electron chi connectivity index (χ0n) is 13.7. The molecule has 0 heterocycles. The predicted octanol–water partition coefficient (Wildman–Crippen LogP) is 3.00. The summed E-state index contributed by atoms with van der Waals surface area (Å²) in [5.41, 5.74) is 9.03. The van der Waals surface area contributed by atoms with Gasteiger partial charge in [0.25, 0.3) is 0 Å². The van der Waals surface area contributed by atoms with Crippen LogP contribution in [0.15, 0.2) is 54.6 Å². The van der Waals surface area contributed by atoms with E-state index in [0.29, 0.717) is 6.54 Å². The highest BCUT2D eigenvalue weighted by Gasteiger charge is 2.07. The Bertz CT molecular complexity index is 596. The summed E-state index contributed by atoms with van der Waals surface area (Å²) in [7, 11) is 0. The molecule has 0 bridgehead atoms. The van der Waals surface area contributed by atoms with Gasteiger partial charge in [-0.15, -0.1) is 0 Å². The average Bonchev–Trinajstić information content (AvgIpc) is 2.55. The lowest BCUT2D eigenvalue weighted by Crippen LogP contribution is -2.25. The van der Waals surface area contributed by atoms with Crippen LogP contribution in [0, 0.1) is 0 Å². The van der Waals surface area contributed by atoms with Gasteiger partial charge in [-0.1, -0.05) is 42.5 Å². The van der Waals surface area contributed by atoms with Gasteiger partial charge >= 0.3 is 0 Å². The summed E-state index contributed by atoms with van der Waals surface area (Å²) in [5.74, 6) is -0.0496. The molecule has 0 radical (unpaired) electrons. The third-order valence-corrected chi connectivity index (χ3v) is 3.61. The zero-order valence-corrected chi connectivity index (χ0v) is 13.7. The van der Waals surface area contributed by atoms with Crippen molar-refractivity contribution in [2.45, 2.75) is 26.4 Å². The molecule has 122 valence electrons. The summed E-state index contributed by atoms with van der Waals surface area (Å²) in [4.78, 5) is 13.5. The number of hydrogen-bond acceptors (Lipinski definition) is 3. The number of benzene rings is 2. The lowest BCUT2D eigenvalue weighted by atomic mass is 10.1. The predicted molar refractivity (Wildman–Crippen MR) is 95.0 cm³/mol. The third kappa shape index (κ3) is 6.22. The topological polar surface area (TPSA) is 58.4 Å². The molecule has 0 aliphatic rings. The summed E-state index contributed by atoms with van der Waals surface area (Å²) in [6.45, 7) is 4.97. The Kier molecular flexibility index (Phi) is 6.78. The number of nitrogens with zero attached hydrogens (tertiary/aromatic N) is 1. The first-order valence-electron chi connectivity index (χ1n) is 8.00. The van der Waals surface area contributed by atoms with Gasteiger partial charge in [0.05, 0.1) is 0 Å². The fraction of sp³-hybridized carbons (Fsp3) is 0.316. The van der Waals surface area contributed by atoms with Crippen molar-refractivity contribution >= 4 is 11.6 Å². The minimum absolute atomic E-state index is 0.0496. The van der Waals surface area contributed by atoms with E-state index in [-0.39, 0.29) is 5.91 Å². The molecular weight excluding hydrogens is 286 g/mol. The maximum absolute atomic E-state index is 11.1. The quantitative estimate of drug-likeness (QED) is 0.788. The van der Waals surface area contributed by atoms with Crippen molar-refractivity contribution in [2.24, 2.45) is 5.73 Å². The number of hydrogen-bond donors (Lipinski definition) is 2. The molecule has 3 N–H and O–H groups in total. The van der Waals surface area contributed by atoms with E-state index in [4.69, 9.17) is 5.73 Å². The Morgan fingerprint density at radius 1 is 1.00 bits per heavy atom. The van der Waals surface area contributed by atoms with Crippen molar-refractivity contribution in [3.63, 3.8) is 0 Å². The smallest absolute Gasteiger partial charge is 0.221 e. The molecule has 4 nitrogen and oxygen atoms in total. The minimum Gasteiger partial charge on any atom is -0.330 e. The molecule has 0 unspecified atom stereocenters. The van der Waals surface area contributed by atoms with Gasteiger partial charge in [0, 0.05) is 32.2 Å². The molecule has 0 saturated heterocycles. The van der Waals surface area contributed by atoms with E-state index in [1.165, 1.54) is 18.1 Å². The highest BCUT2D eigenvalue weighted by atomic mass is 16.1. The molecule has 0 saturated carbocycles. The number of rotatable bonds is 8. The Morgan fingerprint density at radius 2 is 1.61 bits per heavy atom. The van der Waals surface area contributed by atoms with Gasteiger partial charge in [-0.3, -0.25) is 9.69 Å². The molecule has 2 rings (SSSR count). The van der Waals surface area contributed by atoms with Crippen LogP contribution in [0.1, 0.15) is 24.5 Å². The second-order valence-corrected chi connectivity index (χ2v) is 5.72. The van der Waals surface area contributed by atoms with Crippen molar-refractivity contribution in [1.82, 2.24) is 4.90 Å². The summed E-state index contributed by atoms with van der Waals surface area (Å²) in [6, 6.07) is 18.5. The average molecular weight is 311 g/mol. The fourth-order valence-corrected chi connectivity index (χ4v) is 2.53. The fourth-order valence-electron chi connectivity index (χ4n) is 2.53. The first kappa shape index (κ1) is 17.2. The normalized spacial score (nSPS) is 10.7. The number of nitrogens with two attached hydrogens (primary N) is 1. The molecule has 0 atom stereocenters. The number of anilines is 1. The van der Waals surface area contributed by atoms with Crippen LogP contribution in [0.2, 0.25) is 0 Å². The van der Waals surface area contributed by atoms with Crippen LogP contribution < -0.4 is 11.1 Å². The van der Waals surface area contributed by atoms with Crippen molar-refractivity contribution in [1.29, 1.82) is 0 Å². The number of carbonyl (C=O) groups excluding carboxylic acids is 1. The molecule has 0 aliphatic heterocycles. The van der Waals surface area contributed by atoms with E-state index < -0.39 is 0 Å². The molecule has 0 spiro atoms. The van der Waals surface area contributed by atoms with E-state index in [0.717, 1.165) is 31.7 Å². The van der Waals surface area contributed by atoms with Crippen molar-refractivity contribution < 1.29 is 4.79 Å². The standard InChI is InChI=1S/C19H25N3O/c1-16(23)21-19-10-8-18(9-11-19)15-22(13-5-12-20)14-17-6-3-2-4-7-17/h2-4,6-11H,5,12-15,20H2,1H3,(H,21,23). The second-order valence-electron chi connectivity index (χ2n) is 5.72. The number of nitrogens with one attached hydrogen (secondary N) is 1. The number of carbonyl (C=O) groups is 1. The first-order valence-corrected chi connectivity index (χ1v) is 8.00. The van der Waals surface area contributed by atoms with Gasteiger partial charge in [-0.2, -0.15) is 0 Å². The Labute approximate surface area is 138 Å². The van der Waals surface area contributed by atoms with Crippen LogP contribution in [-0.2, 0) is 17.9 Å². The number of amides is 1. The highest BCUT2D eigenvalue weighted by molar-refractivity contribution is 5.88. The Morgan fingerprint density at radius 3 is 2.17 bits per heavy atom. The van der Waals surface area contributed by atoms with E-state index >= 15 is 0 Å². The maximum atomic E-state index is 11.1. The van der Waals surface area contributed by atoms with E-state index in [9.17, 15) is 4.79 Å². The second kappa shape index (κ2) is 9.08. The third-order valence-electron chi connectivity index (χ3n) is 3.61. The van der Waals surface area contributed by atoms with Gasteiger partial charge in [-0.05, 0) is 36.2 Å². The molecule has 0 aromatic heterocycles. The first-order chi connectivity index (χ1) is 11.2. The molecular formula is C19H25N3O. The SMILES string of the molecule is CC(=O)Nc1ccc(CN(CCCN)Cc2ccccc2)cc1. The molecule has 4 heteroatoms. The van der Waals surface area contributed by atoms with Crippen LogP contribution in [0.25, 0.3) is 0 Å². The van der Waals surface area contributed by atoms with Crippen LogP contribution in [0.4, 0.5) is 5.69 Å². The molecule has 23 heavy (non-hydrogen) atoms. The Balaban J connectivity index is 2.00. The van der Waals surface area contributed by atoms with Crippen LogP contribution in [0.5, 0.6) is 0 Å². The summed E-state index contributed by atoms with van der Waals surface area (Å²) in [5, 5.41) is 2.79. The van der Waals surface area contributed by atoms with Gasteiger partial charge in [0.2, 0.25) is 5.91 Å². The summed E-state index contributed by atoms with van der Waals surface area (Å²) < 4.78 is 0. The zero-order chi connectivity index (χ0) is 16.5. The summed E-state index contributed by atoms with van der Waals surface area (Å²) in [6.07, 6.45) is 0.983. The van der Waals surface area contributed by atoms with Gasteiger partial charge in [0.15, 0.2) is 0 Å². The van der Waals surface area contributed by atoms with Crippen LogP contribution in [-0.4, -0.2) is 23.9 Å². The van der Waals surface area contributed by atoms with Crippen molar-refractivity contribution in [2.75, 3.05) is 18.4 Å². The van der Waals surface area contributed by atoms with E-state index in [1.807, 2.05) is 18.2 Å². The summed E-state index contributed by atoms with van der Waals surface area (Å²) >= 11 is 0. The molecule has 2 aromatic rings. The van der Waals surface area contributed by atoms with Crippen LogP contribution in [0.3, 0.4) is 0 Å². The Hall–Kier alpha value is -2.17. The van der Waals surface area contributed by atoms with E-state index in [1.54, 1.807) is 0 Å². The van der Waals surface area contributed by atoms with Gasteiger partial charge in [0.1, 0.15) is 0 Å². The highest BCUT2D eigenvalue weighted by Crippen LogP contribution is 2.14. The van der Waals surface area contributed by atoms with Gasteiger partial charge < -0.3 is 11.1 Å². The molecule has 0 fully saturated rings. The van der Waals surface area contributed by atoms with Gasteiger partial charge in [-0.25, -0.2) is 0 Å². The maximum Gasteiger partial charge on any atom is 0.221 e. The van der Waals surface area contributed by atoms with Crippen molar-refractivity contribution in [3.05, 3.63) is 65.7 Å². The van der Waals surface area contributed by atoms with Crippen LogP contribution >= 0.6 is 0 Å². The van der Waals surface area contributed by atoms with E-state index in [2.05, 4.69) is 46.6 Å². The lowest BCUT2D eigenvalue weighted by Gasteiger charge is -2.22. The van der Waals surface area contributed by atoms with Crippen molar-refractivity contribution in [3.8, 4) is 0 Å². The molecule has 0 aliphatic carbocycles. The lowest BCUT2D eigenvalue weighted by molar-refractivity contribution is -0.114. The molecule has 1 amide bonds. The monoisotopic (exact) mass is 311 g/mol. The minimum atomic E-state index is -0.0496. The largest absolute Gasteiger partial charge is 0.330 e.